The summed E-state index contributed by atoms with van der Waals surface area (Å²) >= 11 is 12.3. The topological polar surface area (TPSA) is 69.7 Å². The van der Waals surface area contributed by atoms with Gasteiger partial charge in [0.2, 0.25) is 0 Å². The first-order valence-electron chi connectivity index (χ1n) is 9.06. The van der Waals surface area contributed by atoms with Gasteiger partial charge in [0.05, 0.1) is 42.8 Å². The maximum absolute atomic E-state index is 14.9. The average Bonchev–Trinajstić information content (AvgIpc) is 2.78. The number of ether oxygens (including phenoxy) is 3. The minimum atomic E-state index is -0.690. The molecule has 1 aromatic heterocycles. The van der Waals surface area contributed by atoms with Crippen molar-refractivity contribution in [1.29, 1.82) is 0 Å². The number of nitrogens with zero attached hydrogens (tertiary/aromatic N) is 1. The van der Waals surface area contributed by atoms with E-state index in [1.54, 1.807) is 32.4 Å². The van der Waals surface area contributed by atoms with Crippen LogP contribution in [0.1, 0.15) is 16.1 Å². The van der Waals surface area contributed by atoms with Crippen molar-refractivity contribution in [3.8, 4) is 28.5 Å². The Hall–Kier alpha value is -3.03. The zero-order valence-corrected chi connectivity index (χ0v) is 18.5. The van der Waals surface area contributed by atoms with E-state index >= 15 is 0 Å². The summed E-state index contributed by atoms with van der Waals surface area (Å²) in [6.07, 6.45) is 0.510. The highest BCUT2D eigenvalue weighted by molar-refractivity contribution is 6.35. The lowest BCUT2D eigenvalue weighted by atomic mass is 10.1. The Morgan fingerprint density at radius 3 is 2.48 bits per heavy atom. The number of aromatic nitrogens is 1. The fourth-order valence-corrected chi connectivity index (χ4v) is 3.43. The number of benzene rings is 2. The molecule has 9 heteroatoms. The molecule has 0 saturated carbocycles. The van der Waals surface area contributed by atoms with Crippen LogP contribution in [0, 0.1) is 5.82 Å². The monoisotopic (exact) mass is 464 g/mol. The molecular weight excluding hydrogens is 446 g/mol. The molecule has 0 amide bonds. The van der Waals surface area contributed by atoms with Gasteiger partial charge in [-0.1, -0.05) is 23.2 Å². The molecule has 0 radical (unpaired) electrons. The molecule has 1 heterocycles. The molecule has 0 atom stereocenters. The number of rotatable bonds is 8. The number of halogens is 3. The molecule has 162 valence electrons. The summed E-state index contributed by atoms with van der Waals surface area (Å²) in [4.78, 5) is 15.7. The molecule has 0 aliphatic carbocycles. The molecule has 0 unspecified atom stereocenters. The van der Waals surface area contributed by atoms with Gasteiger partial charge in [0.15, 0.2) is 17.9 Å². The van der Waals surface area contributed by atoms with Crippen molar-refractivity contribution in [1.82, 2.24) is 4.98 Å². The van der Waals surface area contributed by atoms with E-state index in [9.17, 15) is 9.18 Å². The lowest BCUT2D eigenvalue weighted by Crippen LogP contribution is -2.05. The van der Waals surface area contributed by atoms with Gasteiger partial charge in [0.1, 0.15) is 17.2 Å². The van der Waals surface area contributed by atoms with Crippen LogP contribution in [-0.2, 0) is 6.54 Å². The molecular formula is C22H19Cl2FN2O4. The van der Waals surface area contributed by atoms with Crippen LogP contribution in [0.25, 0.3) is 11.3 Å². The maximum Gasteiger partial charge on any atom is 0.175 e. The zero-order chi connectivity index (χ0) is 22.5. The number of pyridine rings is 1. The van der Waals surface area contributed by atoms with Crippen LogP contribution in [0.4, 0.5) is 10.1 Å². The van der Waals surface area contributed by atoms with Crippen LogP contribution in [0.5, 0.6) is 17.2 Å². The SMILES string of the molecule is COc1ccc(CNc2cc(-c3ccc(Cl)c(OC)c3F)nc(C=O)c2Cl)c(OC)c1. The standard InChI is InChI=1S/C22H19Cl2FN2O4/c1-29-13-5-4-12(19(8-13)30-2)10-26-17-9-16(27-18(11-28)20(17)24)14-6-7-15(23)22(31-3)21(14)25/h4-9,11H,10H2,1-3H3,(H,26,27). The molecule has 0 spiro atoms. The summed E-state index contributed by atoms with van der Waals surface area (Å²) in [5.41, 5.74) is 1.51. The smallest absolute Gasteiger partial charge is 0.175 e. The minimum Gasteiger partial charge on any atom is -0.497 e. The van der Waals surface area contributed by atoms with Crippen LogP contribution in [0.15, 0.2) is 36.4 Å². The number of anilines is 1. The predicted octanol–water partition coefficient (Wildman–Crippen LogP) is 5.64. The maximum atomic E-state index is 14.9. The van der Waals surface area contributed by atoms with Crippen molar-refractivity contribution in [2.45, 2.75) is 6.54 Å². The fourth-order valence-electron chi connectivity index (χ4n) is 3.00. The van der Waals surface area contributed by atoms with Gasteiger partial charge in [0, 0.05) is 23.7 Å². The van der Waals surface area contributed by atoms with Crippen LogP contribution in [0.2, 0.25) is 10.0 Å². The molecule has 6 nitrogen and oxygen atoms in total. The number of carbonyl (C=O) groups excluding carboxylic acids is 1. The van der Waals surface area contributed by atoms with Gasteiger partial charge in [-0.15, -0.1) is 0 Å². The van der Waals surface area contributed by atoms with Crippen LogP contribution >= 0.6 is 23.2 Å². The number of nitrogens with one attached hydrogen (secondary N) is 1. The van der Waals surface area contributed by atoms with Gasteiger partial charge in [-0.3, -0.25) is 4.79 Å². The largest absolute Gasteiger partial charge is 0.497 e. The van der Waals surface area contributed by atoms with E-state index in [-0.39, 0.29) is 32.7 Å². The highest BCUT2D eigenvalue weighted by atomic mass is 35.5. The fraction of sp³-hybridized carbons (Fsp3) is 0.182. The van der Waals surface area contributed by atoms with Gasteiger partial charge in [-0.05, 0) is 30.3 Å². The highest BCUT2D eigenvalue weighted by Gasteiger charge is 2.19. The van der Waals surface area contributed by atoms with Gasteiger partial charge >= 0.3 is 0 Å². The lowest BCUT2D eigenvalue weighted by molar-refractivity contribution is 0.111. The summed E-state index contributed by atoms with van der Waals surface area (Å²) in [5.74, 6) is 0.465. The molecule has 1 N–H and O–H groups in total. The number of methoxy groups -OCH3 is 3. The third-order valence-electron chi connectivity index (χ3n) is 4.59. The van der Waals surface area contributed by atoms with Crippen molar-refractivity contribution in [2.75, 3.05) is 26.6 Å². The lowest BCUT2D eigenvalue weighted by Gasteiger charge is -2.15. The molecule has 0 aliphatic rings. The van der Waals surface area contributed by atoms with Crippen molar-refractivity contribution >= 4 is 35.2 Å². The van der Waals surface area contributed by atoms with E-state index in [0.29, 0.717) is 30.0 Å². The van der Waals surface area contributed by atoms with Crippen molar-refractivity contribution in [3.05, 3.63) is 63.5 Å². The summed E-state index contributed by atoms with van der Waals surface area (Å²) in [7, 11) is 4.43. The van der Waals surface area contributed by atoms with Gasteiger partial charge in [-0.2, -0.15) is 0 Å². The van der Waals surface area contributed by atoms with Crippen LogP contribution in [0.3, 0.4) is 0 Å². The molecule has 3 aromatic rings. The summed E-state index contributed by atoms with van der Waals surface area (Å²) < 4.78 is 30.5. The van der Waals surface area contributed by atoms with Gasteiger partial charge in [-0.25, -0.2) is 9.37 Å². The Balaban J connectivity index is 2.00. The Morgan fingerprint density at radius 2 is 1.84 bits per heavy atom. The van der Waals surface area contributed by atoms with E-state index in [4.69, 9.17) is 37.4 Å². The highest BCUT2D eigenvalue weighted by Crippen LogP contribution is 2.37. The van der Waals surface area contributed by atoms with Crippen molar-refractivity contribution < 1.29 is 23.4 Å². The molecule has 3 rings (SSSR count). The second kappa shape index (κ2) is 9.85. The first-order valence-corrected chi connectivity index (χ1v) is 9.81. The number of hydrogen-bond acceptors (Lipinski definition) is 6. The quantitative estimate of drug-likeness (QED) is 0.434. The summed E-state index contributed by atoms with van der Waals surface area (Å²) in [5, 5.41) is 3.40. The molecule has 2 aromatic carbocycles. The van der Waals surface area contributed by atoms with E-state index in [0.717, 1.165) is 5.56 Å². The average molecular weight is 465 g/mol. The molecule has 0 aliphatic heterocycles. The minimum absolute atomic E-state index is 0.0309. The third kappa shape index (κ3) is 4.68. The second-order valence-corrected chi connectivity index (χ2v) is 7.13. The Bertz CT molecular complexity index is 1130. The Labute approximate surface area is 188 Å². The van der Waals surface area contributed by atoms with E-state index in [1.165, 1.54) is 19.2 Å². The van der Waals surface area contributed by atoms with Crippen LogP contribution < -0.4 is 19.5 Å². The molecule has 0 saturated heterocycles. The Kier molecular flexibility index (Phi) is 7.20. The molecule has 0 bridgehead atoms. The van der Waals surface area contributed by atoms with Crippen LogP contribution in [-0.4, -0.2) is 32.6 Å². The summed E-state index contributed by atoms with van der Waals surface area (Å²) in [6.45, 7) is 0.320. The van der Waals surface area contributed by atoms with Crippen molar-refractivity contribution in [2.24, 2.45) is 0 Å². The van der Waals surface area contributed by atoms with Crippen molar-refractivity contribution in [3.63, 3.8) is 0 Å². The first kappa shape index (κ1) is 22.7. The predicted molar refractivity (Wildman–Crippen MR) is 118 cm³/mol. The zero-order valence-electron chi connectivity index (χ0n) is 17.0. The molecule has 0 fully saturated rings. The normalized spacial score (nSPS) is 10.5. The second-order valence-electron chi connectivity index (χ2n) is 6.35. The van der Waals surface area contributed by atoms with E-state index in [2.05, 4.69) is 10.3 Å². The van der Waals surface area contributed by atoms with Gasteiger partial charge in [0.25, 0.3) is 0 Å². The first-order chi connectivity index (χ1) is 14.9. The number of aldehydes is 1. The Morgan fingerprint density at radius 1 is 1.06 bits per heavy atom. The molecule has 31 heavy (non-hydrogen) atoms. The number of carbonyl (C=O) groups is 1. The third-order valence-corrected chi connectivity index (χ3v) is 5.28. The van der Waals surface area contributed by atoms with E-state index in [1.807, 2.05) is 6.07 Å². The van der Waals surface area contributed by atoms with E-state index < -0.39 is 5.82 Å². The number of hydrogen-bond donors (Lipinski definition) is 1. The van der Waals surface area contributed by atoms with Gasteiger partial charge < -0.3 is 19.5 Å². The summed E-state index contributed by atoms with van der Waals surface area (Å²) in [6, 6.07) is 9.89.